The van der Waals surface area contributed by atoms with Gasteiger partial charge in [0.2, 0.25) is 0 Å². The number of aliphatic hydroxyl groups is 1. The zero-order valence-electron chi connectivity index (χ0n) is 14.7. The average Bonchev–Trinajstić information content (AvgIpc) is 3.12. The minimum atomic E-state index is -1.62. The summed E-state index contributed by atoms with van der Waals surface area (Å²) in [5, 5.41) is 10.6. The maximum Gasteiger partial charge on any atom is 0.338 e. The molecule has 0 spiro atoms. The van der Waals surface area contributed by atoms with Gasteiger partial charge in [0.25, 0.3) is 0 Å². The van der Waals surface area contributed by atoms with E-state index in [0.29, 0.717) is 5.57 Å². The second kappa shape index (κ2) is 6.48. The Morgan fingerprint density at radius 3 is 2.71 bits per heavy atom. The van der Waals surface area contributed by atoms with Gasteiger partial charge < -0.3 is 14.6 Å². The van der Waals surface area contributed by atoms with Crippen molar-refractivity contribution < 1.29 is 24.2 Å². The number of carbonyl (C=O) groups is 2. The number of cyclic esters (lactones) is 1. The monoisotopic (exact) mass is 337 g/mol. The number of ether oxygens (including phenoxy) is 2. The van der Waals surface area contributed by atoms with Crippen LogP contribution in [0.2, 0.25) is 0 Å². The lowest BCUT2D eigenvalue weighted by Crippen LogP contribution is -2.46. The van der Waals surface area contributed by atoms with Gasteiger partial charge in [-0.25, -0.2) is 9.59 Å². The lowest BCUT2D eigenvalue weighted by Gasteiger charge is -2.32. The molecule has 3 heterocycles. The molecule has 6 nitrogen and oxygen atoms in total. The van der Waals surface area contributed by atoms with Crippen LogP contribution in [0.4, 0.5) is 0 Å². The molecule has 3 rings (SSSR count). The smallest absolute Gasteiger partial charge is 0.338 e. The Morgan fingerprint density at radius 2 is 2.00 bits per heavy atom. The molecule has 0 aromatic rings. The Bertz CT molecular complexity index is 556. The normalized spacial score (nSPS) is 42.9. The van der Waals surface area contributed by atoms with E-state index in [1.807, 2.05) is 0 Å². The van der Waals surface area contributed by atoms with Crippen LogP contribution in [0.1, 0.15) is 40.0 Å². The Kier molecular flexibility index (Phi) is 4.71. The topological polar surface area (TPSA) is 76.1 Å². The van der Waals surface area contributed by atoms with E-state index in [2.05, 4.69) is 4.90 Å². The molecule has 1 unspecified atom stereocenters. The molecule has 0 bridgehead atoms. The zero-order valence-corrected chi connectivity index (χ0v) is 14.7. The van der Waals surface area contributed by atoms with Gasteiger partial charge in [0, 0.05) is 18.0 Å². The number of carbonyl (C=O) groups excluding carboxylic acids is 2. The number of hydrogen-bond donors (Lipinski definition) is 1. The van der Waals surface area contributed by atoms with Gasteiger partial charge in [-0.1, -0.05) is 13.0 Å². The molecule has 24 heavy (non-hydrogen) atoms. The molecule has 3 saturated heterocycles. The minimum absolute atomic E-state index is 0.113. The van der Waals surface area contributed by atoms with Gasteiger partial charge in [-0.2, -0.15) is 0 Å². The maximum absolute atomic E-state index is 12.6. The summed E-state index contributed by atoms with van der Waals surface area (Å²) in [6.07, 6.45) is 3.59. The van der Waals surface area contributed by atoms with Crippen molar-refractivity contribution >= 4 is 11.9 Å². The van der Waals surface area contributed by atoms with Gasteiger partial charge in [0.1, 0.15) is 6.10 Å². The molecule has 3 aliphatic heterocycles. The van der Waals surface area contributed by atoms with Crippen molar-refractivity contribution in [3.8, 4) is 0 Å². The van der Waals surface area contributed by atoms with E-state index in [0.717, 1.165) is 25.9 Å². The van der Waals surface area contributed by atoms with E-state index in [-0.39, 0.29) is 37.1 Å². The number of esters is 2. The summed E-state index contributed by atoms with van der Waals surface area (Å²) < 4.78 is 11.3. The fourth-order valence-corrected chi connectivity index (χ4v) is 4.11. The van der Waals surface area contributed by atoms with E-state index < -0.39 is 17.5 Å². The van der Waals surface area contributed by atoms with E-state index in [9.17, 15) is 14.7 Å². The third-order valence-corrected chi connectivity index (χ3v) is 5.97. The van der Waals surface area contributed by atoms with Crippen molar-refractivity contribution in [1.82, 2.24) is 4.90 Å². The molecular weight excluding hydrogens is 310 g/mol. The SMILES string of the molecule is CC=C1C[C@@H](C)C(C)(O)C(=O)OC[C@H]2CCN3CC[C@@H](OC1=O)[C@@H]23. The fraction of sp³-hybridized carbons (Fsp3) is 0.778. The van der Waals surface area contributed by atoms with E-state index in [1.165, 1.54) is 6.92 Å². The molecule has 3 fully saturated rings. The Balaban J connectivity index is 1.89. The Labute approximate surface area is 142 Å². The molecule has 3 aliphatic rings. The highest BCUT2D eigenvalue weighted by Crippen LogP contribution is 2.36. The van der Waals surface area contributed by atoms with Crippen molar-refractivity contribution in [1.29, 1.82) is 0 Å². The van der Waals surface area contributed by atoms with Crippen LogP contribution in [0.25, 0.3) is 0 Å². The number of allylic oxidation sites excluding steroid dienone is 1. The highest BCUT2D eigenvalue weighted by atomic mass is 16.6. The maximum atomic E-state index is 12.6. The van der Waals surface area contributed by atoms with Crippen molar-refractivity contribution in [2.24, 2.45) is 11.8 Å². The van der Waals surface area contributed by atoms with Crippen molar-refractivity contribution in [3.63, 3.8) is 0 Å². The fourth-order valence-electron chi connectivity index (χ4n) is 4.11. The van der Waals surface area contributed by atoms with E-state index in [1.54, 1.807) is 19.9 Å². The predicted molar refractivity (Wildman–Crippen MR) is 87.1 cm³/mol. The minimum Gasteiger partial charge on any atom is -0.463 e. The number of rotatable bonds is 0. The summed E-state index contributed by atoms with van der Waals surface area (Å²) >= 11 is 0. The first kappa shape index (κ1) is 17.4. The largest absolute Gasteiger partial charge is 0.463 e. The van der Waals surface area contributed by atoms with Crippen molar-refractivity contribution in [2.75, 3.05) is 19.7 Å². The third kappa shape index (κ3) is 2.97. The van der Waals surface area contributed by atoms with Gasteiger partial charge in [0.15, 0.2) is 5.60 Å². The van der Waals surface area contributed by atoms with E-state index in [4.69, 9.17) is 9.47 Å². The van der Waals surface area contributed by atoms with Gasteiger partial charge >= 0.3 is 11.9 Å². The number of hydrogen-bond acceptors (Lipinski definition) is 6. The van der Waals surface area contributed by atoms with Crippen molar-refractivity contribution in [3.05, 3.63) is 11.6 Å². The van der Waals surface area contributed by atoms with Crippen LogP contribution in [-0.4, -0.2) is 59.4 Å². The number of nitrogens with zero attached hydrogens (tertiary/aromatic N) is 1. The quantitative estimate of drug-likeness (QED) is 0.530. The summed E-state index contributed by atoms with van der Waals surface area (Å²) in [5.41, 5.74) is -1.12. The molecule has 6 heteroatoms. The van der Waals surface area contributed by atoms with Gasteiger partial charge in [-0.15, -0.1) is 0 Å². The van der Waals surface area contributed by atoms with Crippen LogP contribution >= 0.6 is 0 Å². The average molecular weight is 337 g/mol. The Hall–Kier alpha value is -1.40. The first-order valence-electron chi connectivity index (χ1n) is 8.84. The molecule has 0 aromatic carbocycles. The molecule has 0 aliphatic carbocycles. The summed E-state index contributed by atoms with van der Waals surface area (Å²) in [5.74, 6) is -1.23. The highest BCUT2D eigenvalue weighted by molar-refractivity contribution is 5.89. The summed E-state index contributed by atoms with van der Waals surface area (Å²) in [7, 11) is 0. The molecular formula is C18H27NO5. The third-order valence-electron chi connectivity index (χ3n) is 5.97. The highest BCUT2D eigenvalue weighted by Gasteiger charge is 2.48. The van der Waals surface area contributed by atoms with Crippen molar-refractivity contribution in [2.45, 2.75) is 57.8 Å². The van der Waals surface area contributed by atoms with E-state index >= 15 is 0 Å². The van der Waals surface area contributed by atoms with Crippen LogP contribution in [0.3, 0.4) is 0 Å². The van der Waals surface area contributed by atoms with Gasteiger partial charge in [0.05, 0.1) is 12.6 Å². The Morgan fingerprint density at radius 1 is 1.29 bits per heavy atom. The molecule has 0 radical (unpaired) electrons. The summed E-state index contributed by atoms with van der Waals surface area (Å²) in [6.45, 7) is 7.11. The summed E-state index contributed by atoms with van der Waals surface area (Å²) in [4.78, 5) is 27.3. The lowest BCUT2D eigenvalue weighted by atomic mass is 9.85. The molecule has 0 amide bonds. The first-order chi connectivity index (χ1) is 11.3. The van der Waals surface area contributed by atoms with Crippen LogP contribution in [-0.2, 0) is 19.1 Å². The first-order valence-corrected chi connectivity index (χ1v) is 8.84. The molecule has 1 N–H and O–H groups in total. The second-order valence-electron chi connectivity index (χ2n) is 7.47. The second-order valence-corrected chi connectivity index (χ2v) is 7.47. The van der Waals surface area contributed by atoms with Crippen LogP contribution in [0, 0.1) is 11.8 Å². The van der Waals surface area contributed by atoms with Gasteiger partial charge in [-0.05, 0) is 45.6 Å². The predicted octanol–water partition coefficient (Wildman–Crippen LogP) is 1.27. The lowest BCUT2D eigenvalue weighted by molar-refractivity contribution is -0.172. The van der Waals surface area contributed by atoms with Crippen LogP contribution in [0.5, 0.6) is 0 Å². The molecule has 0 aromatic heterocycles. The van der Waals surface area contributed by atoms with Gasteiger partial charge in [-0.3, -0.25) is 4.90 Å². The molecule has 5 atom stereocenters. The van der Waals surface area contributed by atoms with Crippen LogP contribution in [0.15, 0.2) is 11.6 Å². The molecule has 134 valence electrons. The van der Waals surface area contributed by atoms with Crippen LogP contribution < -0.4 is 0 Å². The zero-order chi connectivity index (χ0) is 17.5. The molecule has 0 saturated carbocycles. The standard InChI is InChI=1S/C18H27NO5/c1-4-12-9-11(2)18(3,22)17(21)23-10-13-5-7-19-8-6-14(15(13)19)24-16(12)20/h4,11,13-15,22H,5-10H2,1-3H3/t11-,13-,14-,15-,18?/m1/s1. The summed E-state index contributed by atoms with van der Waals surface area (Å²) in [6, 6.07) is 0.113.